The number of hydrogen-bond acceptors (Lipinski definition) is 3. The molecule has 3 nitrogen and oxygen atoms in total. The number of rotatable bonds is 3. The van der Waals surface area contributed by atoms with E-state index in [1.807, 2.05) is 0 Å². The maximum absolute atomic E-state index is 10.7. The van der Waals surface area contributed by atoms with Crippen molar-refractivity contribution < 1.29 is 9.84 Å². The molecule has 2 fully saturated rings. The van der Waals surface area contributed by atoms with E-state index in [1.165, 1.54) is 6.42 Å². The first kappa shape index (κ1) is 13.3. The van der Waals surface area contributed by atoms with Gasteiger partial charge in [0.2, 0.25) is 0 Å². The Morgan fingerprint density at radius 2 is 2.12 bits per heavy atom. The fourth-order valence-corrected chi connectivity index (χ4v) is 3.83. The van der Waals surface area contributed by atoms with Gasteiger partial charge in [0.05, 0.1) is 6.10 Å². The van der Waals surface area contributed by atoms with Crippen molar-refractivity contribution in [3.05, 3.63) is 0 Å². The third-order valence-corrected chi connectivity index (χ3v) is 4.94. The third kappa shape index (κ3) is 2.51. The van der Waals surface area contributed by atoms with Crippen LogP contribution in [0.15, 0.2) is 0 Å². The number of nitrogens with two attached hydrogens (primary N) is 1. The van der Waals surface area contributed by atoms with E-state index in [4.69, 9.17) is 10.5 Å². The fraction of sp³-hybridized carbons (Fsp3) is 1.00. The second kappa shape index (κ2) is 4.87. The summed E-state index contributed by atoms with van der Waals surface area (Å²) < 4.78 is 5.45. The summed E-state index contributed by atoms with van der Waals surface area (Å²) in [4.78, 5) is 0. The van der Waals surface area contributed by atoms with Gasteiger partial charge in [-0.3, -0.25) is 0 Å². The predicted molar refractivity (Wildman–Crippen MR) is 68.7 cm³/mol. The Labute approximate surface area is 105 Å². The van der Waals surface area contributed by atoms with Crippen molar-refractivity contribution >= 4 is 0 Å². The molecule has 3 atom stereocenters. The summed E-state index contributed by atoms with van der Waals surface area (Å²) in [5.41, 5.74) is 5.97. The van der Waals surface area contributed by atoms with E-state index in [2.05, 4.69) is 13.8 Å². The highest BCUT2D eigenvalue weighted by molar-refractivity contribution is 5.00. The van der Waals surface area contributed by atoms with Crippen LogP contribution in [-0.4, -0.2) is 31.0 Å². The third-order valence-electron chi connectivity index (χ3n) is 4.94. The quantitative estimate of drug-likeness (QED) is 0.794. The summed E-state index contributed by atoms with van der Waals surface area (Å²) in [6.07, 6.45) is 5.27. The number of aliphatic hydroxyl groups excluding tert-OH is 1. The monoisotopic (exact) mass is 241 g/mol. The standard InChI is InChI=1S/C14H27NO2/c1-13(2)5-3-6-14(10-15,12(13)16)8-11-4-7-17-9-11/h11-12,16H,3-10,15H2,1-2H3. The fourth-order valence-electron chi connectivity index (χ4n) is 3.83. The number of aliphatic hydroxyl groups is 1. The first-order valence-electron chi connectivity index (χ1n) is 6.96. The van der Waals surface area contributed by atoms with Crippen LogP contribution in [0.5, 0.6) is 0 Å². The molecule has 17 heavy (non-hydrogen) atoms. The minimum atomic E-state index is -0.269. The molecule has 100 valence electrons. The molecule has 2 rings (SSSR count). The topological polar surface area (TPSA) is 55.5 Å². The molecule has 1 saturated heterocycles. The zero-order chi connectivity index (χ0) is 12.5. The highest BCUT2D eigenvalue weighted by Gasteiger charge is 2.48. The van der Waals surface area contributed by atoms with Gasteiger partial charge < -0.3 is 15.6 Å². The normalized spacial score (nSPS) is 41.6. The minimum absolute atomic E-state index is 0.0110. The van der Waals surface area contributed by atoms with Crippen LogP contribution in [0.1, 0.15) is 46.0 Å². The van der Waals surface area contributed by atoms with Crippen molar-refractivity contribution in [2.24, 2.45) is 22.5 Å². The SMILES string of the molecule is CC1(C)CCCC(CN)(CC2CCOC2)C1O. The van der Waals surface area contributed by atoms with Gasteiger partial charge in [0, 0.05) is 25.2 Å². The second-order valence-electron chi connectivity index (χ2n) is 6.74. The van der Waals surface area contributed by atoms with E-state index >= 15 is 0 Å². The maximum Gasteiger partial charge on any atom is 0.0659 e. The van der Waals surface area contributed by atoms with Crippen LogP contribution in [0.2, 0.25) is 0 Å². The molecular weight excluding hydrogens is 214 g/mol. The van der Waals surface area contributed by atoms with Crippen LogP contribution in [0.3, 0.4) is 0 Å². The average Bonchev–Trinajstić information content (AvgIpc) is 2.77. The van der Waals surface area contributed by atoms with Crippen molar-refractivity contribution in [2.45, 2.75) is 52.1 Å². The van der Waals surface area contributed by atoms with E-state index in [0.29, 0.717) is 12.5 Å². The van der Waals surface area contributed by atoms with Gasteiger partial charge in [-0.2, -0.15) is 0 Å². The summed E-state index contributed by atoms with van der Waals surface area (Å²) >= 11 is 0. The molecule has 0 aromatic rings. The van der Waals surface area contributed by atoms with Gasteiger partial charge in [-0.05, 0) is 37.0 Å². The van der Waals surface area contributed by atoms with E-state index in [9.17, 15) is 5.11 Å². The molecule has 1 aliphatic heterocycles. The van der Waals surface area contributed by atoms with Gasteiger partial charge in [0.15, 0.2) is 0 Å². The summed E-state index contributed by atoms with van der Waals surface area (Å²) in [6.45, 7) is 6.69. The Hall–Kier alpha value is -0.120. The van der Waals surface area contributed by atoms with E-state index < -0.39 is 0 Å². The Morgan fingerprint density at radius 1 is 1.35 bits per heavy atom. The lowest BCUT2D eigenvalue weighted by atomic mass is 9.58. The number of hydrogen-bond donors (Lipinski definition) is 2. The van der Waals surface area contributed by atoms with Crippen LogP contribution in [0.4, 0.5) is 0 Å². The molecule has 3 unspecified atom stereocenters. The molecule has 0 amide bonds. The molecule has 1 heterocycles. The summed E-state index contributed by atoms with van der Waals surface area (Å²) in [5.74, 6) is 0.599. The largest absolute Gasteiger partial charge is 0.392 e. The first-order valence-corrected chi connectivity index (χ1v) is 6.96. The molecule has 3 heteroatoms. The van der Waals surface area contributed by atoms with Crippen molar-refractivity contribution in [2.75, 3.05) is 19.8 Å². The Balaban J connectivity index is 2.11. The summed E-state index contributed by atoms with van der Waals surface area (Å²) in [5, 5.41) is 10.7. The van der Waals surface area contributed by atoms with Crippen LogP contribution < -0.4 is 5.73 Å². The Kier molecular flexibility index (Phi) is 3.81. The lowest BCUT2D eigenvalue weighted by Gasteiger charge is -2.50. The van der Waals surface area contributed by atoms with Crippen molar-refractivity contribution in [1.29, 1.82) is 0 Å². The van der Waals surface area contributed by atoms with Gasteiger partial charge in [-0.25, -0.2) is 0 Å². The van der Waals surface area contributed by atoms with Crippen LogP contribution in [-0.2, 0) is 4.74 Å². The van der Waals surface area contributed by atoms with Gasteiger partial charge >= 0.3 is 0 Å². The molecule has 1 saturated carbocycles. The smallest absolute Gasteiger partial charge is 0.0659 e. The lowest BCUT2D eigenvalue weighted by molar-refractivity contribution is -0.0988. The predicted octanol–water partition coefficient (Wildman–Crippen LogP) is 1.93. The van der Waals surface area contributed by atoms with Gasteiger partial charge in [-0.15, -0.1) is 0 Å². The molecule has 0 bridgehead atoms. The second-order valence-corrected chi connectivity index (χ2v) is 6.74. The average molecular weight is 241 g/mol. The molecule has 0 radical (unpaired) electrons. The molecule has 0 spiro atoms. The van der Waals surface area contributed by atoms with E-state index in [-0.39, 0.29) is 16.9 Å². The van der Waals surface area contributed by atoms with Gasteiger partial charge in [0.25, 0.3) is 0 Å². The summed E-state index contributed by atoms with van der Waals surface area (Å²) in [7, 11) is 0. The maximum atomic E-state index is 10.7. The summed E-state index contributed by atoms with van der Waals surface area (Å²) in [6, 6.07) is 0. The lowest BCUT2D eigenvalue weighted by Crippen LogP contribution is -2.53. The molecule has 3 N–H and O–H groups in total. The van der Waals surface area contributed by atoms with Crippen LogP contribution >= 0.6 is 0 Å². The van der Waals surface area contributed by atoms with E-state index in [0.717, 1.165) is 38.9 Å². The van der Waals surface area contributed by atoms with Gasteiger partial charge in [0.1, 0.15) is 0 Å². The first-order chi connectivity index (χ1) is 8.00. The zero-order valence-electron chi connectivity index (χ0n) is 11.2. The molecule has 2 aliphatic rings. The molecule has 0 aromatic carbocycles. The van der Waals surface area contributed by atoms with Crippen LogP contribution in [0, 0.1) is 16.7 Å². The number of ether oxygens (including phenoxy) is 1. The van der Waals surface area contributed by atoms with E-state index in [1.54, 1.807) is 0 Å². The Bertz CT molecular complexity index is 261. The minimum Gasteiger partial charge on any atom is -0.392 e. The highest BCUT2D eigenvalue weighted by atomic mass is 16.5. The molecule has 0 aromatic heterocycles. The highest BCUT2D eigenvalue weighted by Crippen LogP contribution is 2.49. The Morgan fingerprint density at radius 3 is 2.71 bits per heavy atom. The van der Waals surface area contributed by atoms with Gasteiger partial charge in [-0.1, -0.05) is 20.3 Å². The van der Waals surface area contributed by atoms with Crippen molar-refractivity contribution in [3.8, 4) is 0 Å². The zero-order valence-corrected chi connectivity index (χ0v) is 11.2. The molecule has 1 aliphatic carbocycles. The molecular formula is C14H27NO2. The van der Waals surface area contributed by atoms with Crippen molar-refractivity contribution in [3.63, 3.8) is 0 Å². The van der Waals surface area contributed by atoms with Crippen LogP contribution in [0.25, 0.3) is 0 Å². The van der Waals surface area contributed by atoms with Crippen molar-refractivity contribution in [1.82, 2.24) is 0 Å².